The molecule has 1 aliphatic rings. The van der Waals surface area contributed by atoms with Crippen molar-refractivity contribution in [3.8, 4) is 0 Å². The molecular weight excluding hydrogens is 394 g/mol. The average Bonchev–Trinajstić information content (AvgIpc) is 2.87. The molecule has 0 radical (unpaired) electrons. The van der Waals surface area contributed by atoms with Crippen LogP contribution in [0.25, 0.3) is 5.70 Å². The molecule has 2 aromatic carbocycles. The van der Waals surface area contributed by atoms with Crippen LogP contribution in [0.2, 0.25) is 5.02 Å². The van der Waals surface area contributed by atoms with Crippen LogP contribution in [-0.4, -0.2) is 29.0 Å². The van der Waals surface area contributed by atoms with E-state index in [1.165, 1.54) is 17.0 Å². The second kappa shape index (κ2) is 8.10. The Labute approximate surface area is 164 Å². The van der Waals surface area contributed by atoms with Gasteiger partial charge in [0.15, 0.2) is 0 Å². The first-order chi connectivity index (χ1) is 12.9. The average molecular weight is 409 g/mol. The lowest BCUT2D eigenvalue weighted by Crippen LogP contribution is -2.27. The fraction of sp³-hybridized carbons (Fsp3) is 0.158. The van der Waals surface area contributed by atoms with Gasteiger partial charge in [-0.2, -0.15) is 8.78 Å². The molecule has 1 aliphatic heterocycles. The van der Waals surface area contributed by atoms with Crippen LogP contribution in [0, 0.1) is 0 Å². The van der Waals surface area contributed by atoms with E-state index in [4.69, 9.17) is 11.6 Å². The van der Waals surface area contributed by atoms with Crippen LogP contribution < -0.4 is 5.32 Å². The topological polar surface area (TPSA) is 49.4 Å². The van der Waals surface area contributed by atoms with Crippen LogP contribution in [0.1, 0.15) is 22.3 Å². The highest BCUT2D eigenvalue weighted by Crippen LogP contribution is 2.37. The molecule has 2 aromatic rings. The van der Waals surface area contributed by atoms with Crippen LogP contribution >= 0.6 is 23.4 Å². The summed E-state index contributed by atoms with van der Waals surface area (Å²) < 4.78 is 25.4. The Morgan fingerprint density at radius 1 is 1.19 bits per heavy atom. The smallest absolute Gasteiger partial charge is 0.289 e. The summed E-state index contributed by atoms with van der Waals surface area (Å²) in [5, 5.41) is 2.72. The molecule has 0 unspecified atom stereocenters. The summed E-state index contributed by atoms with van der Waals surface area (Å²) in [6, 6.07) is 11.6. The summed E-state index contributed by atoms with van der Waals surface area (Å²) in [6.45, 7) is 4.05. The number of hydrogen-bond acceptors (Lipinski definition) is 3. The molecular formula is C19H15ClF2N2O2S. The maximum Gasteiger partial charge on any atom is 0.289 e. The van der Waals surface area contributed by atoms with Gasteiger partial charge in [-0.05, 0) is 18.2 Å². The molecule has 0 saturated heterocycles. The minimum absolute atomic E-state index is 0.00987. The van der Waals surface area contributed by atoms with E-state index in [2.05, 4.69) is 11.9 Å². The van der Waals surface area contributed by atoms with Crippen molar-refractivity contribution in [3.63, 3.8) is 0 Å². The van der Waals surface area contributed by atoms with E-state index in [-0.39, 0.29) is 46.2 Å². The Hall–Kier alpha value is -2.38. The molecule has 0 atom stereocenters. The Bertz CT molecular complexity index is 885. The third-order valence-electron chi connectivity index (χ3n) is 4.05. The molecule has 27 heavy (non-hydrogen) atoms. The summed E-state index contributed by atoms with van der Waals surface area (Å²) in [5.74, 6) is -3.28. The SMILES string of the molecule is C=C1c2ccccc2C(=O)N1CCC(=O)Nc1cccc(Cl)c1SC(F)F. The van der Waals surface area contributed by atoms with Crippen LogP contribution in [0.15, 0.2) is 53.9 Å². The second-order valence-electron chi connectivity index (χ2n) is 5.74. The summed E-state index contributed by atoms with van der Waals surface area (Å²) >= 11 is 6.23. The van der Waals surface area contributed by atoms with Crippen LogP contribution in [0.5, 0.6) is 0 Å². The number of hydrogen-bond donors (Lipinski definition) is 1. The predicted octanol–water partition coefficient (Wildman–Crippen LogP) is 5.11. The highest BCUT2D eigenvalue weighted by Gasteiger charge is 2.30. The Morgan fingerprint density at radius 2 is 1.89 bits per heavy atom. The van der Waals surface area contributed by atoms with Gasteiger partial charge in [0.25, 0.3) is 11.7 Å². The van der Waals surface area contributed by atoms with Crippen molar-refractivity contribution in [3.05, 3.63) is 65.2 Å². The van der Waals surface area contributed by atoms with Crippen molar-refractivity contribution in [1.29, 1.82) is 0 Å². The zero-order valence-electron chi connectivity index (χ0n) is 14.0. The lowest BCUT2D eigenvalue weighted by Gasteiger charge is -2.17. The van der Waals surface area contributed by atoms with E-state index >= 15 is 0 Å². The molecule has 8 heteroatoms. The standard InChI is InChI=1S/C19H15ClF2N2O2S/c1-11-12-5-2-3-6-13(12)18(26)24(11)10-9-16(25)23-15-8-4-7-14(20)17(15)27-19(21)22/h2-8,19H,1,9-10H2,(H,23,25). The van der Waals surface area contributed by atoms with Gasteiger partial charge in [-0.25, -0.2) is 0 Å². The molecule has 140 valence electrons. The number of rotatable bonds is 6. The summed E-state index contributed by atoms with van der Waals surface area (Å²) in [5.41, 5.74) is 2.05. The monoisotopic (exact) mass is 408 g/mol. The van der Waals surface area contributed by atoms with Gasteiger partial charge in [-0.1, -0.05) is 54.2 Å². The quantitative estimate of drug-likeness (QED) is 0.676. The molecule has 3 rings (SSSR count). The highest BCUT2D eigenvalue weighted by atomic mass is 35.5. The Morgan fingerprint density at radius 3 is 2.56 bits per heavy atom. The first kappa shape index (κ1) is 19.4. The van der Waals surface area contributed by atoms with Crippen LogP contribution in [0.4, 0.5) is 14.5 Å². The zero-order valence-corrected chi connectivity index (χ0v) is 15.6. The van der Waals surface area contributed by atoms with Gasteiger partial charge < -0.3 is 10.2 Å². The Balaban J connectivity index is 1.66. The number of nitrogens with one attached hydrogen (secondary N) is 1. The first-order valence-electron chi connectivity index (χ1n) is 8.02. The van der Waals surface area contributed by atoms with Crippen molar-refractivity contribution in [2.75, 3.05) is 11.9 Å². The van der Waals surface area contributed by atoms with Crippen molar-refractivity contribution in [1.82, 2.24) is 4.90 Å². The van der Waals surface area contributed by atoms with Gasteiger partial charge in [0.05, 0.1) is 15.6 Å². The predicted molar refractivity (Wildman–Crippen MR) is 103 cm³/mol. The van der Waals surface area contributed by atoms with Crippen molar-refractivity contribution < 1.29 is 18.4 Å². The summed E-state index contributed by atoms with van der Waals surface area (Å²) in [4.78, 5) is 26.3. The maximum atomic E-state index is 12.7. The highest BCUT2D eigenvalue weighted by molar-refractivity contribution is 7.99. The number of amides is 2. The number of carbonyl (C=O) groups excluding carboxylic acids is 2. The van der Waals surface area contributed by atoms with Crippen LogP contribution in [-0.2, 0) is 4.79 Å². The first-order valence-corrected chi connectivity index (χ1v) is 9.27. The van der Waals surface area contributed by atoms with Crippen molar-refractivity contribution >= 4 is 46.6 Å². The third kappa shape index (κ3) is 4.14. The molecule has 0 fully saturated rings. The van der Waals surface area contributed by atoms with E-state index in [0.717, 1.165) is 5.56 Å². The number of anilines is 1. The van der Waals surface area contributed by atoms with E-state index in [1.54, 1.807) is 24.3 Å². The van der Waals surface area contributed by atoms with Gasteiger partial charge in [0.2, 0.25) is 5.91 Å². The fourth-order valence-electron chi connectivity index (χ4n) is 2.81. The summed E-state index contributed by atoms with van der Waals surface area (Å²) in [7, 11) is 0. The number of alkyl halides is 2. The largest absolute Gasteiger partial charge is 0.325 e. The van der Waals surface area contributed by atoms with Gasteiger partial charge in [0, 0.05) is 29.8 Å². The minimum atomic E-state index is -2.66. The minimum Gasteiger partial charge on any atom is -0.325 e. The third-order valence-corrected chi connectivity index (χ3v) is 5.33. The lowest BCUT2D eigenvalue weighted by molar-refractivity contribution is -0.116. The molecule has 0 bridgehead atoms. The van der Waals surface area contributed by atoms with Gasteiger partial charge in [-0.3, -0.25) is 9.59 Å². The van der Waals surface area contributed by atoms with Gasteiger partial charge in [-0.15, -0.1) is 0 Å². The molecule has 4 nitrogen and oxygen atoms in total. The van der Waals surface area contributed by atoms with Gasteiger partial charge in [0.1, 0.15) is 0 Å². The lowest BCUT2D eigenvalue weighted by atomic mass is 10.1. The van der Waals surface area contributed by atoms with E-state index < -0.39 is 11.7 Å². The zero-order chi connectivity index (χ0) is 19.6. The number of nitrogens with zero attached hydrogens (tertiary/aromatic N) is 1. The van der Waals surface area contributed by atoms with Crippen molar-refractivity contribution in [2.24, 2.45) is 0 Å². The number of fused-ring (bicyclic) bond motifs is 1. The molecule has 1 N–H and O–H groups in total. The molecule has 1 heterocycles. The van der Waals surface area contributed by atoms with E-state index in [1.807, 2.05) is 6.07 Å². The molecule has 0 spiro atoms. The normalized spacial score (nSPS) is 13.3. The maximum absolute atomic E-state index is 12.7. The fourth-order valence-corrected chi connectivity index (χ4v) is 3.73. The number of halogens is 3. The molecule has 2 amide bonds. The number of thioether (sulfide) groups is 1. The number of carbonyl (C=O) groups is 2. The molecule has 0 aromatic heterocycles. The second-order valence-corrected chi connectivity index (χ2v) is 7.15. The van der Waals surface area contributed by atoms with E-state index in [0.29, 0.717) is 11.3 Å². The summed E-state index contributed by atoms with van der Waals surface area (Å²) in [6.07, 6.45) is -0.00987. The van der Waals surface area contributed by atoms with Crippen molar-refractivity contribution in [2.45, 2.75) is 17.1 Å². The van der Waals surface area contributed by atoms with E-state index in [9.17, 15) is 18.4 Å². The number of benzene rings is 2. The molecule has 0 saturated carbocycles. The van der Waals surface area contributed by atoms with Gasteiger partial charge >= 0.3 is 0 Å². The van der Waals surface area contributed by atoms with Crippen LogP contribution in [0.3, 0.4) is 0 Å². The molecule has 0 aliphatic carbocycles. The Kier molecular flexibility index (Phi) is 5.82.